The van der Waals surface area contributed by atoms with Crippen molar-refractivity contribution < 1.29 is 14.3 Å². The number of esters is 1. The molecular weight excluding hydrogens is 372 g/mol. The first-order valence-corrected chi connectivity index (χ1v) is 10.7. The van der Waals surface area contributed by atoms with E-state index in [9.17, 15) is 4.79 Å². The molecule has 0 aliphatic heterocycles. The van der Waals surface area contributed by atoms with E-state index in [0.29, 0.717) is 13.0 Å². The molecule has 3 heteroatoms. The maximum absolute atomic E-state index is 11.1. The average Bonchev–Trinajstić information content (AvgIpc) is 2.81. The van der Waals surface area contributed by atoms with Gasteiger partial charge in [-0.25, -0.2) is 0 Å². The lowest BCUT2D eigenvalue weighted by Gasteiger charge is -2.13. The number of benzene rings is 3. The van der Waals surface area contributed by atoms with Gasteiger partial charge in [0.1, 0.15) is 0 Å². The number of hydrogen-bond donors (Lipinski definition) is 0. The fraction of sp³-hybridized carbons (Fsp3) is 0.296. The van der Waals surface area contributed by atoms with Gasteiger partial charge in [0.05, 0.1) is 7.11 Å². The lowest BCUT2D eigenvalue weighted by Crippen LogP contribution is -2.02. The van der Waals surface area contributed by atoms with Crippen molar-refractivity contribution in [1.29, 1.82) is 0 Å². The quantitative estimate of drug-likeness (QED) is 0.278. The number of methoxy groups -OCH3 is 1. The van der Waals surface area contributed by atoms with Crippen LogP contribution in [0.1, 0.15) is 31.2 Å². The highest BCUT2D eigenvalue weighted by molar-refractivity contribution is 5.83. The molecule has 0 radical (unpaired) electrons. The van der Waals surface area contributed by atoms with Crippen LogP contribution < -0.4 is 0 Å². The summed E-state index contributed by atoms with van der Waals surface area (Å²) < 4.78 is 10.4. The Morgan fingerprint density at radius 3 is 2.03 bits per heavy atom. The molecular formula is C27H30O3. The first-order valence-electron chi connectivity index (χ1n) is 10.7. The zero-order valence-electron chi connectivity index (χ0n) is 17.7. The van der Waals surface area contributed by atoms with Gasteiger partial charge in [-0.15, -0.1) is 0 Å². The normalized spacial score (nSPS) is 10.7. The Kier molecular flexibility index (Phi) is 8.67. The fourth-order valence-electron chi connectivity index (χ4n) is 3.53. The second-order valence-electron chi connectivity index (χ2n) is 7.36. The van der Waals surface area contributed by atoms with Gasteiger partial charge < -0.3 is 9.47 Å². The Balaban J connectivity index is 1.57. The summed E-state index contributed by atoms with van der Waals surface area (Å²) in [6, 6.07) is 27.9. The van der Waals surface area contributed by atoms with E-state index < -0.39 is 0 Å². The summed E-state index contributed by atoms with van der Waals surface area (Å²) in [7, 11) is 1.43. The van der Waals surface area contributed by atoms with Crippen LogP contribution in [0.4, 0.5) is 0 Å². The standard InChI is InChI=1S/C27H30O3/c1-29-27(28)16-8-9-19-30-20-10-11-22-17-18-25(23-12-4-2-5-13-23)26(21-22)24-14-6-3-7-15-24/h2-7,12-15,17-18,21H,8-11,16,19-20H2,1H3. The van der Waals surface area contributed by atoms with Crippen molar-refractivity contribution in [2.75, 3.05) is 20.3 Å². The SMILES string of the molecule is COC(=O)CCCCOCCCc1ccc(-c2ccccc2)c(-c2ccccc2)c1. The van der Waals surface area contributed by atoms with Gasteiger partial charge in [-0.2, -0.15) is 0 Å². The van der Waals surface area contributed by atoms with Crippen molar-refractivity contribution >= 4 is 5.97 Å². The fourth-order valence-corrected chi connectivity index (χ4v) is 3.53. The second kappa shape index (κ2) is 11.9. The molecule has 0 bridgehead atoms. The van der Waals surface area contributed by atoms with E-state index in [4.69, 9.17) is 4.74 Å². The van der Waals surface area contributed by atoms with E-state index in [0.717, 1.165) is 32.3 Å². The van der Waals surface area contributed by atoms with Gasteiger partial charge in [0.25, 0.3) is 0 Å². The number of aryl methyl sites for hydroxylation is 1. The maximum Gasteiger partial charge on any atom is 0.305 e. The molecule has 0 saturated heterocycles. The van der Waals surface area contributed by atoms with Crippen LogP contribution in [0.25, 0.3) is 22.3 Å². The first-order chi connectivity index (χ1) is 14.8. The number of carbonyl (C=O) groups excluding carboxylic acids is 1. The molecule has 0 aliphatic carbocycles. The van der Waals surface area contributed by atoms with Crippen LogP contribution in [0.3, 0.4) is 0 Å². The smallest absolute Gasteiger partial charge is 0.305 e. The van der Waals surface area contributed by atoms with Gasteiger partial charge in [-0.3, -0.25) is 4.79 Å². The topological polar surface area (TPSA) is 35.5 Å². The minimum absolute atomic E-state index is 0.150. The van der Waals surface area contributed by atoms with Crippen LogP contribution in [0, 0.1) is 0 Å². The number of unbranched alkanes of at least 4 members (excludes halogenated alkanes) is 1. The molecule has 0 atom stereocenters. The van der Waals surface area contributed by atoms with Crippen LogP contribution in [0.15, 0.2) is 78.9 Å². The van der Waals surface area contributed by atoms with Crippen molar-refractivity contribution in [3.63, 3.8) is 0 Å². The van der Waals surface area contributed by atoms with Crippen molar-refractivity contribution in [1.82, 2.24) is 0 Å². The number of rotatable bonds is 11. The van der Waals surface area contributed by atoms with E-state index in [-0.39, 0.29) is 5.97 Å². The Bertz CT molecular complexity index is 904. The molecule has 3 aromatic carbocycles. The maximum atomic E-state index is 11.1. The molecule has 0 fully saturated rings. The number of ether oxygens (including phenoxy) is 2. The number of hydrogen-bond acceptors (Lipinski definition) is 3. The van der Waals surface area contributed by atoms with Gasteiger partial charge in [0.2, 0.25) is 0 Å². The minimum atomic E-state index is -0.150. The van der Waals surface area contributed by atoms with E-state index in [1.165, 1.54) is 34.9 Å². The molecule has 156 valence electrons. The molecule has 3 nitrogen and oxygen atoms in total. The predicted molar refractivity (Wildman–Crippen MR) is 122 cm³/mol. The van der Waals surface area contributed by atoms with Crippen molar-refractivity contribution in [2.24, 2.45) is 0 Å². The largest absolute Gasteiger partial charge is 0.469 e. The Morgan fingerprint density at radius 1 is 0.733 bits per heavy atom. The van der Waals surface area contributed by atoms with E-state index >= 15 is 0 Å². The zero-order chi connectivity index (χ0) is 21.0. The molecule has 3 aromatic rings. The van der Waals surface area contributed by atoms with Crippen molar-refractivity contribution in [2.45, 2.75) is 32.1 Å². The van der Waals surface area contributed by atoms with Crippen molar-refractivity contribution in [3.8, 4) is 22.3 Å². The van der Waals surface area contributed by atoms with Crippen LogP contribution in [0.5, 0.6) is 0 Å². The van der Waals surface area contributed by atoms with Gasteiger partial charge in [0.15, 0.2) is 0 Å². The summed E-state index contributed by atoms with van der Waals surface area (Å²) in [6.45, 7) is 1.43. The molecule has 0 spiro atoms. The summed E-state index contributed by atoms with van der Waals surface area (Å²) in [4.78, 5) is 11.1. The van der Waals surface area contributed by atoms with Crippen molar-refractivity contribution in [3.05, 3.63) is 84.4 Å². The number of carbonyl (C=O) groups is 1. The summed E-state index contributed by atoms with van der Waals surface area (Å²) in [5.41, 5.74) is 6.32. The third kappa shape index (κ3) is 6.57. The molecule has 0 aromatic heterocycles. The van der Waals surface area contributed by atoms with Crippen LogP contribution in [-0.4, -0.2) is 26.3 Å². The Morgan fingerprint density at radius 2 is 1.37 bits per heavy atom. The molecule has 30 heavy (non-hydrogen) atoms. The van der Waals surface area contributed by atoms with Crippen LogP contribution in [-0.2, 0) is 20.7 Å². The van der Waals surface area contributed by atoms with Crippen LogP contribution in [0.2, 0.25) is 0 Å². The molecule has 3 rings (SSSR count). The summed E-state index contributed by atoms with van der Waals surface area (Å²) in [5, 5.41) is 0. The lowest BCUT2D eigenvalue weighted by atomic mass is 9.92. The van der Waals surface area contributed by atoms with Gasteiger partial charge in [-0.1, -0.05) is 78.9 Å². The highest BCUT2D eigenvalue weighted by Crippen LogP contribution is 2.33. The molecule has 0 N–H and O–H groups in total. The lowest BCUT2D eigenvalue weighted by molar-refractivity contribution is -0.140. The predicted octanol–water partition coefficient (Wildman–Crippen LogP) is 6.31. The summed E-state index contributed by atoms with van der Waals surface area (Å²) in [5.74, 6) is -0.150. The zero-order valence-corrected chi connectivity index (χ0v) is 17.7. The molecule has 0 amide bonds. The van der Waals surface area contributed by atoms with E-state index in [1.807, 2.05) is 0 Å². The Labute approximate surface area is 179 Å². The monoisotopic (exact) mass is 402 g/mol. The molecule has 0 unspecified atom stereocenters. The van der Waals surface area contributed by atoms with Crippen LogP contribution >= 0.6 is 0 Å². The summed E-state index contributed by atoms with van der Waals surface area (Å²) >= 11 is 0. The van der Waals surface area contributed by atoms with E-state index in [1.54, 1.807) is 0 Å². The van der Waals surface area contributed by atoms with Gasteiger partial charge >= 0.3 is 5.97 Å². The third-order valence-corrected chi connectivity index (χ3v) is 5.15. The van der Waals surface area contributed by atoms with E-state index in [2.05, 4.69) is 83.6 Å². The average molecular weight is 403 g/mol. The Hall–Kier alpha value is -2.91. The minimum Gasteiger partial charge on any atom is -0.469 e. The second-order valence-corrected chi connectivity index (χ2v) is 7.36. The molecule has 0 saturated carbocycles. The molecule has 0 heterocycles. The van der Waals surface area contributed by atoms with Gasteiger partial charge in [0, 0.05) is 19.6 Å². The van der Waals surface area contributed by atoms with Gasteiger partial charge in [-0.05, 0) is 53.5 Å². The first kappa shape index (κ1) is 21.8. The highest BCUT2D eigenvalue weighted by Gasteiger charge is 2.08. The highest BCUT2D eigenvalue weighted by atomic mass is 16.5. The molecule has 0 aliphatic rings. The summed E-state index contributed by atoms with van der Waals surface area (Å²) in [6.07, 6.45) is 4.13. The third-order valence-electron chi connectivity index (χ3n) is 5.15.